The minimum Gasteiger partial charge on any atom is -0.480 e. The molecule has 0 amide bonds. The molecular formula is C8H8N4O2S. The molecule has 0 unspecified atom stereocenters. The number of nitrogens with one attached hydrogen (secondary N) is 1. The monoisotopic (exact) mass is 224 g/mol. The van der Waals surface area contributed by atoms with Gasteiger partial charge in [-0.2, -0.15) is 4.37 Å². The van der Waals surface area contributed by atoms with Crippen LogP contribution in [0.1, 0.15) is 5.69 Å². The Bertz CT molecular complexity index is 510. The van der Waals surface area contributed by atoms with Crippen LogP contribution in [0.15, 0.2) is 6.33 Å². The first-order valence-corrected chi connectivity index (χ1v) is 4.98. The molecule has 0 atom stereocenters. The number of carboxylic acids is 1. The third-order valence-electron chi connectivity index (χ3n) is 1.83. The van der Waals surface area contributed by atoms with Gasteiger partial charge in [-0.3, -0.25) is 4.79 Å². The van der Waals surface area contributed by atoms with E-state index in [1.807, 2.05) is 6.92 Å². The van der Waals surface area contributed by atoms with Gasteiger partial charge in [0.15, 0.2) is 0 Å². The number of nitrogens with zero attached hydrogens (tertiary/aromatic N) is 3. The molecule has 0 radical (unpaired) electrons. The molecule has 0 fully saturated rings. The van der Waals surface area contributed by atoms with Crippen LogP contribution in [0.3, 0.4) is 0 Å². The van der Waals surface area contributed by atoms with E-state index in [2.05, 4.69) is 19.7 Å². The third-order valence-corrected chi connectivity index (χ3v) is 2.76. The molecule has 2 aromatic heterocycles. The van der Waals surface area contributed by atoms with Gasteiger partial charge in [-0.25, -0.2) is 9.97 Å². The molecule has 0 aliphatic heterocycles. The van der Waals surface area contributed by atoms with Gasteiger partial charge in [-0.1, -0.05) is 0 Å². The maximum atomic E-state index is 10.4. The van der Waals surface area contributed by atoms with Gasteiger partial charge in [0, 0.05) is 0 Å². The van der Waals surface area contributed by atoms with E-state index >= 15 is 0 Å². The Morgan fingerprint density at radius 2 is 2.40 bits per heavy atom. The Labute approximate surface area is 89.2 Å². The fourth-order valence-electron chi connectivity index (χ4n) is 1.16. The summed E-state index contributed by atoms with van der Waals surface area (Å²) < 4.78 is 4.92. The maximum absolute atomic E-state index is 10.4. The average Bonchev–Trinajstić information content (AvgIpc) is 2.58. The molecule has 0 aromatic carbocycles. The van der Waals surface area contributed by atoms with Crippen LogP contribution in [-0.4, -0.2) is 32.0 Å². The Balaban J connectivity index is 2.38. The van der Waals surface area contributed by atoms with Gasteiger partial charge in [-0.15, -0.1) is 0 Å². The summed E-state index contributed by atoms with van der Waals surface area (Å²) >= 11 is 1.26. The van der Waals surface area contributed by atoms with Crippen LogP contribution < -0.4 is 5.32 Å². The second-order valence-corrected chi connectivity index (χ2v) is 3.69. The first-order valence-electron chi connectivity index (χ1n) is 4.21. The van der Waals surface area contributed by atoms with Crippen LogP contribution in [0, 0.1) is 6.92 Å². The molecule has 0 aliphatic carbocycles. The summed E-state index contributed by atoms with van der Waals surface area (Å²) in [5.41, 5.74) is 1.60. The highest BCUT2D eigenvalue weighted by atomic mass is 32.1. The third kappa shape index (κ3) is 1.86. The Morgan fingerprint density at radius 3 is 3.13 bits per heavy atom. The molecule has 0 saturated carbocycles. The van der Waals surface area contributed by atoms with E-state index < -0.39 is 5.97 Å². The molecule has 0 bridgehead atoms. The summed E-state index contributed by atoms with van der Waals surface area (Å²) in [5.74, 6) is -0.406. The van der Waals surface area contributed by atoms with Crippen LogP contribution in [0.2, 0.25) is 0 Å². The fraction of sp³-hybridized carbons (Fsp3) is 0.250. The number of aromatic nitrogens is 3. The quantitative estimate of drug-likeness (QED) is 0.805. The van der Waals surface area contributed by atoms with Crippen LogP contribution in [0.4, 0.5) is 5.82 Å². The summed E-state index contributed by atoms with van der Waals surface area (Å²) in [4.78, 5) is 18.5. The average molecular weight is 224 g/mol. The molecule has 6 nitrogen and oxygen atoms in total. The molecule has 2 rings (SSSR count). The van der Waals surface area contributed by atoms with Gasteiger partial charge < -0.3 is 10.4 Å². The molecule has 2 N–H and O–H groups in total. The highest BCUT2D eigenvalue weighted by Gasteiger charge is 2.09. The number of aryl methyl sites for hydroxylation is 1. The molecule has 0 aliphatic rings. The van der Waals surface area contributed by atoms with Crippen LogP contribution >= 0.6 is 11.5 Å². The number of carboxylic acid groups (broad SMARTS) is 1. The Kier molecular flexibility index (Phi) is 2.46. The summed E-state index contributed by atoms with van der Waals surface area (Å²) in [7, 11) is 0. The second-order valence-electron chi connectivity index (χ2n) is 2.92. The molecular weight excluding hydrogens is 216 g/mol. The standard InChI is InChI=1S/C8H8N4O2S/c1-4-6-7(15-12-4)8(11-3-10-6)9-2-5(13)14/h3H,2H2,1H3,(H,13,14)(H,9,10,11). The number of aliphatic carboxylic acids is 1. The summed E-state index contributed by atoms with van der Waals surface area (Å²) in [5, 5.41) is 11.3. The molecule has 15 heavy (non-hydrogen) atoms. The lowest BCUT2D eigenvalue weighted by atomic mass is 10.4. The number of carbonyl (C=O) groups is 1. The summed E-state index contributed by atoms with van der Waals surface area (Å²) in [6.45, 7) is 1.69. The van der Waals surface area contributed by atoms with Crippen LogP contribution in [0.25, 0.3) is 10.2 Å². The highest BCUT2D eigenvalue weighted by molar-refractivity contribution is 7.14. The number of hydrogen-bond acceptors (Lipinski definition) is 6. The first kappa shape index (κ1) is 9.78. The molecule has 7 heteroatoms. The Morgan fingerprint density at radius 1 is 1.60 bits per heavy atom. The predicted octanol–water partition coefficient (Wildman–Crippen LogP) is 0.891. The van der Waals surface area contributed by atoms with E-state index in [0.29, 0.717) is 5.82 Å². The van der Waals surface area contributed by atoms with Gasteiger partial charge in [0.2, 0.25) is 0 Å². The lowest BCUT2D eigenvalue weighted by Crippen LogP contribution is -2.13. The minimum absolute atomic E-state index is 0.164. The number of rotatable bonds is 3. The number of hydrogen-bond donors (Lipinski definition) is 2. The van der Waals surface area contributed by atoms with E-state index in [-0.39, 0.29) is 6.54 Å². The van der Waals surface area contributed by atoms with Gasteiger partial charge in [-0.05, 0) is 18.5 Å². The topological polar surface area (TPSA) is 88.0 Å². The minimum atomic E-state index is -0.928. The maximum Gasteiger partial charge on any atom is 0.322 e. The molecule has 0 saturated heterocycles. The van der Waals surface area contributed by atoms with Gasteiger partial charge in [0.05, 0.1) is 5.69 Å². The van der Waals surface area contributed by atoms with Crippen molar-refractivity contribution in [3.8, 4) is 0 Å². The zero-order valence-electron chi connectivity index (χ0n) is 7.89. The van der Waals surface area contributed by atoms with E-state index in [0.717, 1.165) is 15.9 Å². The van der Waals surface area contributed by atoms with E-state index in [1.165, 1.54) is 17.9 Å². The SMILES string of the molecule is Cc1nsc2c(NCC(=O)O)ncnc12. The lowest BCUT2D eigenvalue weighted by molar-refractivity contribution is -0.134. The van der Waals surface area contributed by atoms with Crippen LogP contribution in [-0.2, 0) is 4.79 Å². The van der Waals surface area contributed by atoms with Gasteiger partial charge in [0.1, 0.15) is 28.9 Å². The second kappa shape index (κ2) is 3.77. The van der Waals surface area contributed by atoms with Crippen molar-refractivity contribution in [3.05, 3.63) is 12.0 Å². The van der Waals surface area contributed by atoms with Crippen molar-refractivity contribution in [2.24, 2.45) is 0 Å². The van der Waals surface area contributed by atoms with Crippen molar-refractivity contribution in [2.75, 3.05) is 11.9 Å². The fourth-order valence-corrected chi connectivity index (χ4v) is 1.97. The first-order chi connectivity index (χ1) is 7.18. The normalized spacial score (nSPS) is 10.5. The smallest absolute Gasteiger partial charge is 0.322 e. The molecule has 2 aromatic rings. The highest BCUT2D eigenvalue weighted by Crippen LogP contribution is 2.25. The van der Waals surface area contributed by atoms with E-state index in [9.17, 15) is 4.79 Å². The van der Waals surface area contributed by atoms with Crippen molar-refractivity contribution >= 4 is 33.5 Å². The predicted molar refractivity (Wildman–Crippen MR) is 56.1 cm³/mol. The van der Waals surface area contributed by atoms with Crippen molar-refractivity contribution < 1.29 is 9.90 Å². The zero-order chi connectivity index (χ0) is 10.8. The number of fused-ring (bicyclic) bond motifs is 1. The molecule has 0 spiro atoms. The van der Waals surface area contributed by atoms with Crippen molar-refractivity contribution in [3.63, 3.8) is 0 Å². The number of anilines is 1. The van der Waals surface area contributed by atoms with E-state index in [1.54, 1.807) is 0 Å². The molecule has 2 heterocycles. The van der Waals surface area contributed by atoms with Crippen molar-refractivity contribution in [1.82, 2.24) is 14.3 Å². The molecule has 78 valence electrons. The van der Waals surface area contributed by atoms with E-state index in [4.69, 9.17) is 5.11 Å². The summed E-state index contributed by atoms with van der Waals surface area (Å²) in [6, 6.07) is 0. The van der Waals surface area contributed by atoms with Crippen LogP contribution in [0.5, 0.6) is 0 Å². The van der Waals surface area contributed by atoms with Crippen molar-refractivity contribution in [1.29, 1.82) is 0 Å². The van der Waals surface area contributed by atoms with Crippen molar-refractivity contribution in [2.45, 2.75) is 6.92 Å². The van der Waals surface area contributed by atoms with Gasteiger partial charge >= 0.3 is 5.97 Å². The summed E-state index contributed by atoms with van der Waals surface area (Å²) in [6.07, 6.45) is 1.40. The van der Waals surface area contributed by atoms with Gasteiger partial charge in [0.25, 0.3) is 0 Å². The zero-order valence-corrected chi connectivity index (χ0v) is 8.71. The largest absolute Gasteiger partial charge is 0.480 e. The Hall–Kier alpha value is -1.76. The lowest BCUT2D eigenvalue weighted by Gasteiger charge is -2.01.